The van der Waals surface area contributed by atoms with Crippen molar-refractivity contribution < 1.29 is 4.52 Å². The van der Waals surface area contributed by atoms with Crippen LogP contribution in [0.4, 0.5) is 0 Å². The highest BCUT2D eigenvalue weighted by Crippen LogP contribution is 2.15. The van der Waals surface area contributed by atoms with Crippen LogP contribution in [0.3, 0.4) is 0 Å². The maximum Gasteiger partial charge on any atom is 0.138 e. The highest BCUT2D eigenvalue weighted by molar-refractivity contribution is 5.20. The fourth-order valence-electron chi connectivity index (χ4n) is 2.21. The van der Waals surface area contributed by atoms with E-state index in [9.17, 15) is 0 Å². The number of likely N-dealkylation sites (N-methyl/N-ethyl adjacent to an activating group) is 1. The van der Waals surface area contributed by atoms with Crippen LogP contribution in [0.25, 0.3) is 0 Å². The van der Waals surface area contributed by atoms with Crippen LogP contribution in [-0.2, 0) is 6.54 Å². The van der Waals surface area contributed by atoms with Gasteiger partial charge in [0, 0.05) is 38.3 Å². The minimum atomic E-state index is 0.968. The van der Waals surface area contributed by atoms with Crippen LogP contribution in [0.5, 0.6) is 0 Å². The number of hydrogen-bond acceptors (Lipinski definition) is 4. The molecule has 1 aromatic heterocycles. The van der Waals surface area contributed by atoms with Gasteiger partial charge in [0.2, 0.25) is 0 Å². The molecule has 1 aromatic rings. The molecule has 1 saturated heterocycles. The molecule has 0 aromatic carbocycles. The Hall–Kier alpha value is -0.870. The highest BCUT2D eigenvalue weighted by Gasteiger charge is 2.18. The predicted octanol–water partition coefficient (Wildman–Crippen LogP) is 1.43. The summed E-state index contributed by atoms with van der Waals surface area (Å²) in [6.45, 7) is 13.1. The van der Waals surface area contributed by atoms with Gasteiger partial charge >= 0.3 is 0 Å². The van der Waals surface area contributed by atoms with E-state index < -0.39 is 0 Å². The molecular formula is C12H21N3O. The van der Waals surface area contributed by atoms with Crippen molar-refractivity contribution >= 4 is 0 Å². The van der Waals surface area contributed by atoms with Crippen molar-refractivity contribution in [2.24, 2.45) is 0 Å². The molecule has 2 rings (SSSR count). The Kier molecular flexibility index (Phi) is 3.61. The van der Waals surface area contributed by atoms with Gasteiger partial charge in [-0.2, -0.15) is 0 Å². The standard InChI is InChI=1S/C12H21N3O/c1-4-14-5-7-15(8-6-14)9-12-10(2)13-16-11(12)3/h4-9H2,1-3H3. The van der Waals surface area contributed by atoms with Gasteiger partial charge in [0.1, 0.15) is 5.76 Å². The molecule has 2 heterocycles. The minimum Gasteiger partial charge on any atom is -0.361 e. The van der Waals surface area contributed by atoms with E-state index >= 15 is 0 Å². The van der Waals surface area contributed by atoms with E-state index in [1.165, 1.54) is 25.2 Å². The zero-order chi connectivity index (χ0) is 11.5. The fraction of sp³-hybridized carbons (Fsp3) is 0.750. The van der Waals surface area contributed by atoms with Gasteiger partial charge in [-0.3, -0.25) is 4.90 Å². The van der Waals surface area contributed by atoms with Crippen LogP contribution in [0.2, 0.25) is 0 Å². The minimum absolute atomic E-state index is 0.968. The zero-order valence-corrected chi connectivity index (χ0v) is 10.5. The van der Waals surface area contributed by atoms with Crippen molar-refractivity contribution in [1.82, 2.24) is 15.0 Å². The monoisotopic (exact) mass is 223 g/mol. The number of rotatable bonds is 3. The Bertz CT molecular complexity index is 321. The van der Waals surface area contributed by atoms with Gasteiger partial charge in [0.05, 0.1) is 5.69 Å². The molecule has 0 N–H and O–H groups in total. The molecule has 4 heteroatoms. The van der Waals surface area contributed by atoms with E-state index in [4.69, 9.17) is 4.52 Å². The largest absolute Gasteiger partial charge is 0.361 e. The predicted molar refractivity (Wildman–Crippen MR) is 63.4 cm³/mol. The molecule has 0 radical (unpaired) electrons. The second-order valence-corrected chi connectivity index (χ2v) is 4.51. The van der Waals surface area contributed by atoms with E-state index in [0.29, 0.717) is 0 Å². The molecule has 1 aliphatic rings. The van der Waals surface area contributed by atoms with Gasteiger partial charge in [-0.15, -0.1) is 0 Å². The summed E-state index contributed by atoms with van der Waals surface area (Å²) in [5.41, 5.74) is 2.31. The van der Waals surface area contributed by atoms with Crippen molar-refractivity contribution in [3.05, 3.63) is 17.0 Å². The van der Waals surface area contributed by atoms with Crippen LogP contribution in [-0.4, -0.2) is 47.7 Å². The third kappa shape index (κ3) is 2.44. The van der Waals surface area contributed by atoms with Crippen molar-refractivity contribution in [3.8, 4) is 0 Å². The summed E-state index contributed by atoms with van der Waals surface area (Å²) in [4.78, 5) is 4.97. The molecule has 0 saturated carbocycles. The van der Waals surface area contributed by atoms with Gasteiger partial charge in [-0.05, 0) is 20.4 Å². The lowest BCUT2D eigenvalue weighted by Crippen LogP contribution is -2.45. The lowest BCUT2D eigenvalue weighted by atomic mass is 10.2. The number of aryl methyl sites for hydroxylation is 2. The Morgan fingerprint density at radius 2 is 1.75 bits per heavy atom. The van der Waals surface area contributed by atoms with Crippen LogP contribution in [0.15, 0.2) is 4.52 Å². The van der Waals surface area contributed by atoms with Crippen LogP contribution in [0, 0.1) is 13.8 Å². The first-order valence-electron chi connectivity index (χ1n) is 6.07. The van der Waals surface area contributed by atoms with Crippen LogP contribution < -0.4 is 0 Å². The maximum atomic E-state index is 5.19. The number of aromatic nitrogens is 1. The summed E-state index contributed by atoms with van der Waals surface area (Å²) in [5, 5.41) is 4.00. The van der Waals surface area contributed by atoms with Crippen molar-refractivity contribution in [2.75, 3.05) is 32.7 Å². The van der Waals surface area contributed by atoms with Gasteiger partial charge in [0.15, 0.2) is 0 Å². The highest BCUT2D eigenvalue weighted by atomic mass is 16.5. The molecule has 0 spiro atoms. The topological polar surface area (TPSA) is 32.5 Å². The lowest BCUT2D eigenvalue weighted by molar-refractivity contribution is 0.131. The molecule has 1 fully saturated rings. The summed E-state index contributed by atoms with van der Waals surface area (Å²) in [5.74, 6) is 0.968. The summed E-state index contributed by atoms with van der Waals surface area (Å²) in [6.07, 6.45) is 0. The van der Waals surface area contributed by atoms with Gasteiger partial charge in [0.25, 0.3) is 0 Å². The Balaban J connectivity index is 1.92. The first kappa shape index (κ1) is 11.6. The van der Waals surface area contributed by atoms with Gasteiger partial charge in [-0.1, -0.05) is 12.1 Å². The van der Waals surface area contributed by atoms with E-state index in [1.54, 1.807) is 0 Å². The molecule has 0 atom stereocenters. The third-order valence-corrected chi connectivity index (χ3v) is 3.48. The lowest BCUT2D eigenvalue weighted by Gasteiger charge is -2.33. The van der Waals surface area contributed by atoms with E-state index in [-0.39, 0.29) is 0 Å². The van der Waals surface area contributed by atoms with E-state index in [0.717, 1.165) is 31.1 Å². The Morgan fingerprint density at radius 3 is 2.25 bits per heavy atom. The average molecular weight is 223 g/mol. The second kappa shape index (κ2) is 4.97. The molecule has 0 bridgehead atoms. The van der Waals surface area contributed by atoms with E-state index in [2.05, 4.69) is 21.9 Å². The number of piperazine rings is 1. The molecule has 16 heavy (non-hydrogen) atoms. The van der Waals surface area contributed by atoms with E-state index in [1.807, 2.05) is 13.8 Å². The number of nitrogens with zero attached hydrogens (tertiary/aromatic N) is 3. The fourth-order valence-corrected chi connectivity index (χ4v) is 2.21. The summed E-state index contributed by atoms with van der Waals surface area (Å²) < 4.78 is 5.19. The first-order valence-corrected chi connectivity index (χ1v) is 6.07. The first-order chi connectivity index (χ1) is 7.70. The Labute approximate surface area is 97.2 Å². The molecule has 0 unspecified atom stereocenters. The quantitative estimate of drug-likeness (QED) is 0.776. The van der Waals surface area contributed by atoms with Gasteiger partial charge < -0.3 is 9.42 Å². The summed E-state index contributed by atoms with van der Waals surface area (Å²) in [7, 11) is 0. The molecule has 1 aliphatic heterocycles. The average Bonchev–Trinajstić information content (AvgIpc) is 2.62. The zero-order valence-electron chi connectivity index (χ0n) is 10.5. The van der Waals surface area contributed by atoms with Crippen molar-refractivity contribution in [1.29, 1.82) is 0 Å². The molecule has 0 aliphatic carbocycles. The summed E-state index contributed by atoms with van der Waals surface area (Å²) >= 11 is 0. The number of hydrogen-bond donors (Lipinski definition) is 0. The molecule has 4 nitrogen and oxygen atoms in total. The second-order valence-electron chi connectivity index (χ2n) is 4.51. The van der Waals surface area contributed by atoms with Crippen LogP contribution >= 0.6 is 0 Å². The SMILES string of the molecule is CCN1CCN(Cc2c(C)noc2C)CC1. The Morgan fingerprint density at radius 1 is 1.12 bits per heavy atom. The third-order valence-electron chi connectivity index (χ3n) is 3.48. The smallest absolute Gasteiger partial charge is 0.138 e. The molecule has 90 valence electrons. The summed E-state index contributed by atoms with van der Waals surface area (Å²) in [6, 6.07) is 0. The van der Waals surface area contributed by atoms with Crippen LogP contribution in [0.1, 0.15) is 23.9 Å². The van der Waals surface area contributed by atoms with Crippen molar-refractivity contribution in [3.63, 3.8) is 0 Å². The maximum absolute atomic E-state index is 5.19. The normalized spacial score (nSPS) is 19.2. The molecule has 0 amide bonds. The van der Waals surface area contributed by atoms with Crippen molar-refractivity contribution in [2.45, 2.75) is 27.3 Å². The van der Waals surface area contributed by atoms with Gasteiger partial charge in [-0.25, -0.2) is 0 Å². The molecular weight excluding hydrogens is 202 g/mol.